The number of carbonyl (C=O) groups is 4. The van der Waals surface area contributed by atoms with Crippen LogP contribution >= 0.6 is 0 Å². The van der Waals surface area contributed by atoms with E-state index in [1.807, 2.05) is 39.0 Å². The summed E-state index contributed by atoms with van der Waals surface area (Å²) in [5.41, 5.74) is 10.7. The van der Waals surface area contributed by atoms with Gasteiger partial charge in [0.2, 0.25) is 11.8 Å². The lowest BCUT2D eigenvalue weighted by Gasteiger charge is -2.39. The van der Waals surface area contributed by atoms with E-state index in [-0.39, 0.29) is 55.5 Å². The predicted molar refractivity (Wildman–Crippen MR) is 238 cm³/mol. The number of aromatic nitrogens is 2. The molecular formula is C49H62N6O7. The van der Waals surface area contributed by atoms with Crippen molar-refractivity contribution in [3.05, 3.63) is 90.3 Å². The van der Waals surface area contributed by atoms with E-state index >= 15 is 0 Å². The largest absolute Gasteiger partial charge is 0.464 e. The minimum atomic E-state index is -0.943. The number of carbonyl (C=O) groups excluding carboxylic acids is 4. The zero-order chi connectivity index (χ0) is 44.3. The van der Waals surface area contributed by atoms with Crippen molar-refractivity contribution in [3.63, 3.8) is 0 Å². The summed E-state index contributed by atoms with van der Waals surface area (Å²) in [5, 5.41) is 5.68. The van der Waals surface area contributed by atoms with E-state index in [1.165, 1.54) is 11.1 Å². The fraction of sp³-hybridized carbons (Fsp3) is 0.490. The number of esters is 1. The van der Waals surface area contributed by atoms with Gasteiger partial charge in [-0.3, -0.25) is 29.2 Å². The Morgan fingerprint density at radius 3 is 2.58 bits per heavy atom. The highest BCUT2D eigenvalue weighted by Gasteiger charge is 2.37. The quantitative estimate of drug-likeness (QED) is 0.129. The van der Waals surface area contributed by atoms with Crippen molar-refractivity contribution in [2.24, 2.45) is 17.3 Å². The Bertz CT molecular complexity index is 2310. The molecule has 3 aliphatic rings. The second-order valence-electron chi connectivity index (χ2n) is 18.1. The molecule has 3 aliphatic heterocycles. The van der Waals surface area contributed by atoms with E-state index in [1.54, 1.807) is 18.2 Å². The number of methoxy groups -OCH3 is 1. The highest BCUT2D eigenvalue weighted by molar-refractivity contribution is 5.95. The van der Waals surface area contributed by atoms with Gasteiger partial charge in [-0.25, -0.2) is 5.43 Å². The molecule has 62 heavy (non-hydrogen) atoms. The SMILES string of the molecule is C=CC(=O)N1CC(OC[C@H](C(=O)N[C@H]2Cc3cccc(c3)-c3ccc4c(c3)c(c(-c3cccnc3[C@H](C)OC)n4CC)CC(C)(C)COC(=O)[C@@H]3CCCN(N3)C2=O)C(C)C)C1. The van der Waals surface area contributed by atoms with Gasteiger partial charge in [-0.05, 0) is 91.6 Å². The first-order chi connectivity index (χ1) is 29.7. The van der Waals surface area contributed by atoms with Gasteiger partial charge in [0.15, 0.2) is 0 Å². The number of nitrogens with one attached hydrogen (secondary N) is 2. The summed E-state index contributed by atoms with van der Waals surface area (Å²) in [5.74, 6) is -1.84. The molecule has 0 aliphatic carbocycles. The predicted octanol–water partition coefficient (Wildman–Crippen LogP) is 6.43. The lowest BCUT2D eigenvalue weighted by atomic mass is 9.84. The van der Waals surface area contributed by atoms with E-state index in [9.17, 15) is 19.2 Å². The lowest BCUT2D eigenvalue weighted by molar-refractivity contribution is -0.155. The Morgan fingerprint density at radius 1 is 1.08 bits per heavy atom. The number of hydrogen-bond acceptors (Lipinski definition) is 9. The number of ether oxygens (including phenoxy) is 3. The number of amides is 3. The number of aryl methyl sites for hydroxylation is 1. The molecule has 6 bridgehead atoms. The maximum atomic E-state index is 14.5. The molecule has 2 N–H and O–H groups in total. The summed E-state index contributed by atoms with van der Waals surface area (Å²) < 4.78 is 20.4. The van der Waals surface area contributed by atoms with Crippen LogP contribution in [-0.2, 0) is 52.8 Å². The first-order valence-corrected chi connectivity index (χ1v) is 22.0. The Labute approximate surface area is 365 Å². The number of hydrogen-bond donors (Lipinski definition) is 2. The Kier molecular flexibility index (Phi) is 13.6. The molecule has 2 aromatic heterocycles. The highest BCUT2D eigenvalue weighted by Crippen LogP contribution is 2.42. The van der Waals surface area contributed by atoms with Crippen LogP contribution in [0.25, 0.3) is 33.3 Å². The van der Waals surface area contributed by atoms with Gasteiger partial charge >= 0.3 is 5.97 Å². The van der Waals surface area contributed by atoms with Crippen molar-refractivity contribution in [3.8, 4) is 22.4 Å². The summed E-state index contributed by atoms with van der Waals surface area (Å²) in [6.45, 7) is 18.1. The number of likely N-dealkylation sites (tertiary alicyclic amines) is 1. The van der Waals surface area contributed by atoms with Gasteiger partial charge in [-0.2, -0.15) is 0 Å². The number of pyridine rings is 1. The van der Waals surface area contributed by atoms with Crippen LogP contribution in [0.4, 0.5) is 0 Å². The molecule has 2 saturated heterocycles. The third kappa shape index (κ3) is 9.50. The van der Waals surface area contributed by atoms with E-state index in [4.69, 9.17) is 19.2 Å². The van der Waals surface area contributed by atoms with Crippen LogP contribution in [-0.4, -0.2) is 101 Å². The zero-order valence-corrected chi connectivity index (χ0v) is 37.2. The summed E-state index contributed by atoms with van der Waals surface area (Å²) in [7, 11) is 1.70. The number of fused-ring (bicyclic) bond motifs is 6. The minimum absolute atomic E-state index is 0.0915. The van der Waals surface area contributed by atoms with Gasteiger partial charge < -0.3 is 29.0 Å². The fourth-order valence-electron chi connectivity index (χ4n) is 8.93. The molecule has 2 aromatic carbocycles. The minimum Gasteiger partial charge on any atom is -0.464 e. The summed E-state index contributed by atoms with van der Waals surface area (Å²) in [4.78, 5) is 61.0. The standard InChI is InChI=1S/C49H62N6O7/c1-9-43(56)53-26-35(27-53)61-28-39(30(3)4)46(57)51-41-23-32-14-11-15-33(22-32)34-18-19-42-37(24-34)38(45(54(42)10-2)36-16-12-20-50-44(36)31(5)60-8)25-49(6,7)29-62-48(59)40-17-13-21-55(52-40)47(41)58/h9,11-12,14-16,18-20,22,24,30-31,35,39-41,52H,1,10,13,17,21,23,25-29H2,2-8H3,(H,51,57)/t31-,39-,40-,41-/m0/s1. The first-order valence-electron chi connectivity index (χ1n) is 22.0. The first kappa shape index (κ1) is 44.7. The molecule has 3 amide bonds. The average molecular weight is 847 g/mol. The van der Waals surface area contributed by atoms with Crippen molar-refractivity contribution in [1.82, 2.24) is 30.2 Å². The molecule has 7 rings (SSSR count). The van der Waals surface area contributed by atoms with Gasteiger partial charge in [-0.1, -0.05) is 64.6 Å². The van der Waals surface area contributed by atoms with Crippen molar-refractivity contribution in [2.45, 2.75) is 98.1 Å². The van der Waals surface area contributed by atoms with Gasteiger partial charge in [-0.15, -0.1) is 0 Å². The van der Waals surface area contributed by atoms with Crippen LogP contribution in [0.1, 0.15) is 77.3 Å². The van der Waals surface area contributed by atoms with Crippen molar-refractivity contribution < 1.29 is 33.4 Å². The smallest absolute Gasteiger partial charge is 0.324 e. The molecule has 0 radical (unpaired) electrons. The Morgan fingerprint density at radius 2 is 1.85 bits per heavy atom. The highest BCUT2D eigenvalue weighted by atomic mass is 16.5. The maximum absolute atomic E-state index is 14.5. The van der Waals surface area contributed by atoms with Gasteiger partial charge in [0.05, 0.1) is 42.7 Å². The van der Waals surface area contributed by atoms with Crippen LogP contribution in [0, 0.1) is 17.3 Å². The van der Waals surface area contributed by atoms with Crippen LogP contribution in [0.5, 0.6) is 0 Å². The van der Waals surface area contributed by atoms with Gasteiger partial charge in [0.1, 0.15) is 12.1 Å². The van der Waals surface area contributed by atoms with E-state index in [2.05, 4.69) is 79.1 Å². The lowest BCUT2D eigenvalue weighted by Crippen LogP contribution is -2.61. The number of hydrazine groups is 1. The molecular weight excluding hydrogens is 785 g/mol. The van der Waals surface area contributed by atoms with Crippen molar-refractivity contribution in [1.29, 1.82) is 0 Å². The molecule has 0 spiro atoms. The summed E-state index contributed by atoms with van der Waals surface area (Å²) >= 11 is 0. The van der Waals surface area contributed by atoms with E-state index < -0.39 is 29.4 Å². The van der Waals surface area contributed by atoms with Crippen LogP contribution in [0.15, 0.2) is 73.4 Å². The average Bonchev–Trinajstić information content (AvgIpc) is 3.56. The second-order valence-corrected chi connectivity index (χ2v) is 18.1. The number of nitrogens with zero attached hydrogens (tertiary/aromatic N) is 4. The molecule has 2 fully saturated rings. The van der Waals surface area contributed by atoms with E-state index in [0.717, 1.165) is 56.7 Å². The molecule has 0 saturated carbocycles. The van der Waals surface area contributed by atoms with Gasteiger partial charge in [0, 0.05) is 67.8 Å². The third-order valence-electron chi connectivity index (χ3n) is 12.6. The van der Waals surface area contributed by atoms with Crippen LogP contribution in [0.3, 0.4) is 0 Å². The summed E-state index contributed by atoms with van der Waals surface area (Å²) in [6.07, 6.45) is 4.59. The maximum Gasteiger partial charge on any atom is 0.324 e. The molecule has 330 valence electrons. The topological polar surface area (TPSA) is 144 Å². The van der Waals surface area contributed by atoms with E-state index in [0.29, 0.717) is 38.9 Å². The van der Waals surface area contributed by atoms with Crippen LogP contribution in [0.2, 0.25) is 0 Å². The van der Waals surface area contributed by atoms with Crippen molar-refractivity contribution in [2.75, 3.05) is 40.0 Å². The molecule has 5 heterocycles. The Hall–Kier alpha value is -5.37. The third-order valence-corrected chi connectivity index (χ3v) is 12.6. The number of cyclic esters (lactones) is 1. The molecule has 13 nitrogen and oxygen atoms in total. The monoisotopic (exact) mass is 846 g/mol. The summed E-state index contributed by atoms with van der Waals surface area (Å²) in [6, 6.07) is 17.1. The fourth-order valence-corrected chi connectivity index (χ4v) is 8.93. The Balaban J connectivity index is 1.27. The van der Waals surface area contributed by atoms with Crippen LogP contribution < -0.4 is 10.7 Å². The second kappa shape index (κ2) is 18.9. The molecule has 4 aromatic rings. The molecule has 4 atom stereocenters. The zero-order valence-electron chi connectivity index (χ0n) is 37.2. The van der Waals surface area contributed by atoms with Gasteiger partial charge in [0.25, 0.3) is 5.91 Å². The number of benzene rings is 2. The normalized spacial score (nSPS) is 20.6. The number of rotatable bonds is 11. The van der Waals surface area contributed by atoms with Crippen molar-refractivity contribution >= 4 is 34.6 Å². The molecule has 0 unspecified atom stereocenters. The molecule has 13 heteroatoms.